The molecule has 5 rings (SSSR count). The molecule has 0 radical (unpaired) electrons. The third-order valence-corrected chi connectivity index (χ3v) is 8.57. The number of morpholine rings is 1. The number of piperidine rings is 2. The summed E-state index contributed by atoms with van der Waals surface area (Å²) in [6.07, 6.45) is 3.98. The van der Waals surface area contributed by atoms with E-state index in [0.29, 0.717) is 11.6 Å². The Morgan fingerprint density at radius 3 is 2.76 bits per heavy atom. The molecule has 6 unspecified atom stereocenters. The van der Waals surface area contributed by atoms with E-state index in [-0.39, 0.29) is 36.0 Å². The molecular formula is C29H39FN4O4. The van der Waals surface area contributed by atoms with E-state index in [1.165, 1.54) is 0 Å². The number of hydrogen-bond donors (Lipinski definition) is 1. The van der Waals surface area contributed by atoms with Gasteiger partial charge < -0.3 is 14.8 Å². The van der Waals surface area contributed by atoms with Gasteiger partial charge in [0, 0.05) is 25.0 Å². The molecule has 0 aromatic heterocycles. The normalized spacial score (nSPS) is 29.9. The van der Waals surface area contributed by atoms with Gasteiger partial charge in [-0.25, -0.2) is 9.18 Å². The van der Waals surface area contributed by atoms with E-state index < -0.39 is 23.8 Å². The smallest absolute Gasteiger partial charge is 0.411 e. The molecule has 9 heteroatoms. The van der Waals surface area contributed by atoms with E-state index in [9.17, 15) is 14.9 Å². The predicted octanol–water partition coefficient (Wildman–Crippen LogP) is 3.74. The van der Waals surface area contributed by atoms with Crippen molar-refractivity contribution in [2.24, 2.45) is 5.92 Å². The molecule has 2 amide bonds. The fourth-order valence-corrected chi connectivity index (χ4v) is 6.76. The van der Waals surface area contributed by atoms with E-state index in [2.05, 4.69) is 16.3 Å². The molecule has 8 nitrogen and oxygen atoms in total. The Labute approximate surface area is 224 Å². The van der Waals surface area contributed by atoms with Gasteiger partial charge in [-0.15, -0.1) is 0 Å². The molecule has 4 fully saturated rings. The van der Waals surface area contributed by atoms with Gasteiger partial charge in [-0.2, -0.15) is 5.26 Å². The van der Waals surface area contributed by atoms with Crippen LogP contribution in [0.5, 0.6) is 0 Å². The van der Waals surface area contributed by atoms with Gasteiger partial charge in [-0.05, 0) is 88.4 Å². The van der Waals surface area contributed by atoms with Gasteiger partial charge in [0.15, 0.2) is 0 Å². The summed E-state index contributed by atoms with van der Waals surface area (Å²) in [7, 11) is 0. The maximum absolute atomic E-state index is 15.2. The number of likely N-dealkylation sites (tertiary alicyclic amines) is 1. The summed E-state index contributed by atoms with van der Waals surface area (Å²) in [4.78, 5) is 30.2. The fourth-order valence-electron chi connectivity index (χ4n) is 6.76. The first-order chi connectivity index (χ1) is 18.1. The number of amides is 2. The van der Waals surface area contributed by atoms with E-state index in [0.717, 1.165) is 64.0 Å². The lowest BCUT2D eigenvalue weighted by atomic mass is 9.84. The highest BCUT2D eigenvalue weighted by Crippen LogP contribution is 2.43. The molecule has 1 aromatic rings. The highest BCUT2D eigenvalue weighted by atomic mass is 19.1. The number of halogens is 1. The van der Waals surface area contributed by atoms with Crippen molar-refractivity contribution in [3.63, 3.8) is 0 Å². The summed E-state index contributed by atoms with van der Waals surface area (Å²) < 4.78 is 26.4. The summed E-state index contributed by atoms with van der Waals surface area (Å²) >= 11 is 0. The average Bonchev–Trinajstić information content (AvgIpc) is 3.50. The lowest BCUT2D eigenvalue weighted by Crippen LogP contribution is -2.55. The van der Waals surface area contributed by atoms with Crippen LogP contribution < -0.4 is 5.32 Å². The number of carbonyl (C=O) groups excluding carboxylic acids is 2. The molecule has 3 aliphatic heterocycles. The van der Waals surface area contributed by atoms with Crippen molar-refractivity contribution in [3.05, 3.63) is 35.1 Å². The largest absolute Gasteiger partial charge is 0.444 e. The number of nitrogens with one attached hydrogen (secondary N) is 1. The van der Waals surface area contributed by atoms with Crippen LogP contribution in [0, 0.1) is 23.1 Å². The predicted molar refractivity (Wildman–Crippen MR) is 139 cm³/mol. The van der Waals surface area contributed by atoms with E-state index in [1.54, 1.807) is 37.8 Å². The Bertz CT molecular complexity index is 1100. The second-order valence-electron chi connectivity index (χ2n) is 12.3. The van der Waals surface area contributed by atoms with Crippen molar-refractivity contribution in [3.8, 4) is 6.07 Å². The Morgan fingerprint density at radius 1 is 1.21 bits per heavy atom. The third-order valence-electron chi connectivity index (χ3n) is 8.57. The zero-order valence-electron chi connectivity index (χ0n) is 22.6. The molecule has 3 saturated heterocycles. The van der Waals surface area contributed by atoms with Crippen LogP contribution in [-0.2, 0) is 20.7 Å². The van der Waals surface area contributed by atoms with Crippen LogP contribution in [-0.4, -0.2) is 77.9 Å². The summed E-state index contributed by atoms with van der Waals surface area (Å²) in [6, 6.07) is 6.21. The SMILES string of the molecule is CC(C)(C)OC(=O)N1C2CCC(C2)C1C(=O)NC(C#N)Cc1ccc(C2CCN3CCOCC3C2)cc1F. The van der Waals surface area contributed by atoms with Gasteiger partial charge in [-0.1, -0.05) is 12.1 Å². The van der Waals surface area contributed by atoms with Gasteiger partial charge in [0.05, 0.1) is 19.3 Å². The molecule has 206 valence electrons. The number of hydrogen-bond acceptors (Lipinski definition) is 6. The number of rotatable bonds is 5. The van der Waals surface area contributed by atoms with Crippen molar-refractivity contribution < 1.29 is 23.5 Å². The molecule has 3 heterocycles. The quantitative estimate of drug-likeness (QED) is 0.628. The van der Waals surface area contributed by atoms with Gasteiger partial charge in [0.2, 0.25) is 5.91 Å². The summed E-state index contributed by atoms with van der Waals surface area (Å²) in [6.45, 7) is 8.86. The molecular weight excluding hydrogens is 487 g/mol. The standard InChI is InChI=1S/C29H39FN4O4/c1-29(2,3)38-28(36)34-23-7-6-21(14-23)26(34)27(35)32-22(16-31)12-20-5-4-18(15-25(20)30)19-8-9-33-10-11-37-17-24(33)13-19/h4-5,15,19,21-24,26H,6-14,17H2,1-3H3,(H,32,35). The highest BCUT2D eigenvalue weighted by Gasteiger charge is 2.52. The summed E-state index contributed by atoms with van der Waals surface area (Å²) in [5, 5.41) is 12.6. The zero-order valence-corrected chi connectivity index (χ0v) is 22.6. The number of nitrogens with zero attached hydrogens (tertiary/aromatic N) is 3. The first kappa shape index (κ1) is 26.9. The molecule has 1 N–H and O–H groups in total. The van der Waals surface area contributed by atoms with Crippen LogP contribution in [0.1, 0.15) is 69.9 Å². The third kappa shape index (κ3) is 5.67. The second-order valence-corrected chi connectivity index (χ2v) is 12.3. The number of benzene rings is 1. The summed E-state index contributed by atoms with van der Waals surface area (Å²) in [5.74, 6) is -0.392. The van der Waals surface area contributed by atoms with Crippen molar-refractivity contribution >= 4 is 12.0 Å². The molecule has 0 spiro atoms. The molecule has 4 aliphatic rings. The van der Waals surface area contributed by atoms with Crippen molar-refractivity contribution in [1.29, 1.82) is 5.26 Å². The van der Waals surface area contributed by atoms with Crippen LogP contribution >= 0.6 is 0 Å². The minimum absolute atomic E-state index is 0.0248. The molecule has 2 bridgehead atoms. The topological polar surface area (TPSA) is 94.9 Å². The molecule has 6 atom stereocenters. The average molecular weight is 527 g/mol. The Balaban J connectivity index is 1.22. The Kier molecular flexibility index (Phi) is 7.65. The number of fused-ring (bicyclic) bond motifs is 3. The van der Waals surface area contributed by atoms with Crippen molar-refractivity contribution in [2.75, 3.05) is 26.3 Å². The van der Waals surface area contributed by atoms with E-state index in [4.69, 9.17) is 9.47 Å². The van der Waals surface area contributed by atoms with Gasteiger partial charge >= 0.3 is 6.09 Å². The molecule has 1 aromatic carbocycles. The maximum Gasteiger partial charge on any atom is 0.411 e. The van der Waals surface area contributed by atoms with Gasteiger partial charge in [-0.3, -0.25) is 14.6 Å². The van der Waals surface area contributed by atoms with Crippen molar-refractivity contribution in [2.45, 2.75) is 95.0 Å². The fraction of sp³-hybridized carbons (Fsp3) is 0.690. The van der Waals surface area contributed by atoms with Crippen LogP contribution in [0.15, 0.2) is 18.2 Å². The number of carbonyl (C=O) groups is 2. The first-order valence-corrected chi connectivity index (χ1v) is 13.9. The van der Waals surface area contributed by atoms with Crippen LogP contribution in [0.2, 0.25) is 0 Å². The number of ether oxygens (including phenoxy) is 2. The molecule has 1 aliphatic carbocycles. The summed E-state index contributed by atoms with van der Waals surface area (Å²) in [5.41, 5.74) is 0.708. The minimum atomic E-state index is -0.898. The van der Waals surface area contributed by atoms with Crippen LogP contribution in [0.4, 0.5) is 9.18 Å². The Morgan fingerprint density at radius 2 is 2.03 bits per heavy atom. The van der Waals surface area contributed by atoms with Gasteiger partial charge in [0.1, 0.15) is 23.5 Å². The van der Waals surface area contributed by atoms with Gasteiger partial charge in [0.25, 0.3) is 0 Å². The number of nitriles is 1. The van der Waals surface area contributed by atoms with Crippen molar-refractivity contribution in [1.82, 2.24) is 15.1 Å². The maximum atomic E-state index is 15.2. The molecule has 1 saturated carbocycles. The second kappa shape index (κ2) is 10.8. The van der Waals surface area contributed by atoms with E-state index >= 15 is 4.39 Å². The van der Waals surface area contributed by atoms with Crippen LogP contribution in [0.3, 0.4) is 0 Å². The highest BCUT2D eigenvalue weighted by molar-refractivity contribution is 5.87. The Hall–Kier alpha value is -2.70. The van der Waals surface area contributed by atoms with E-state index in [1.807, 2.05) is 6.07 Å². The zero-order chi connectivity index (χ0) is 27.0. The van der Waals surface area contributed by atoms with Crippen LogP contribution in [0.25, 0.3) is 0 Å². The lowest BCUT2D eigenvalue weighted by molar-refractivity contribution is -0.128. The minimum Gasteiger partial charge on any atom is -0.444 e. The lowest BCUT2D eigenvalue weighted by Gasteiger charge is -2.42. The molecule has 38 heavy (non-hydrogen) atoms. The monoisotopic (exact) mass is 526 g/mol. The first-order valence-electron chi connectivity index (χ1n) is 13.9.